The Morgan fingerprint density at radius 3 is 2.47 bits per heavy atom. The molecule has 1 aromatic carbocycles. The van der Waals surface area contributed by atoms with Crippen LogP contribution in [-0.4, -0.2) is 41.1 Å². The molecule has 19 heavy (non-hydrogen) atoms. The Morgan fingerprint density at radius 2 is 1.84 bits per heavy atom. The molecule has 8 heteroatoms. The van der Waals surface area contributed by atoms with E-state index in [1.54, 1.807) is 0 Å². The molecule has 0 saturated carbocycles. The molecule has 0 heterocycles. The summed E-state index contributed by atoms with van der Waals surface area (Å²) in [6.45, 7) is -0.917. The molecule has 0 aliphatic carbocycles. The Hall–Kier alpha value is -2.28. The molecular weight excluding hydrogens is 276 g/mol. The minimum Gasteiger partial charge on any atom is -0.508 e. The first-order valence-corrected chi connectivity index (χ1v) is 5.53. The van der Waals surface area contributed by atoms with Crippen LogP contribution in [0.3, 0.4) is 0 Å². The smallest absolute Gasteiger partial charge is 0.322 e. The highest BCUT2D eigenvalue weighted by Gasteiger charge is 2.12. The summed E-state index contributed by atoms with van der Waals surface area (Å²) in [6.07, 6.45) is 0. The fourth-order valence-electron chi connectivity index (χ4n) is 1.18. The topological polar surface area (TPSA) is 116 Å². The van der Waals surface area contributed by atoms with E-state index in [-0.39, 0.29) is 16.3 Å². The molecule has 1 aromatic rings. The molecular formula is C11H11ClN2O5. The molecule has 7 nitrogen and oxygen atoms in total. The molecule has 0 atom stereocenters. The van der Waals surface area contributed by atoms with Gasteiger partial charge in [0.2, 0.25) is 5.91 Å². The van der Waals surface area contributed by atoms with Gasteiger partial charge in [-0.15, -0.1) is 0 Å². The molecule has 0 aliphatic rings. The summed E-state index contributed by atoms with van der Waals surface area (Å²) in [5.74, 6) is -2.61. The lowest BCUT2D eigenvalue weighted by Gasteiger charge is -2.07. The Balaban J connectivity index is 2.53. The Morgan fingerprint density at radius 1 is 1.16 bits per heavy atom. The molecule has 4 N–H and O–H groups in total. The van der Waals surface area contributed by atoms with Crippen LogP contribution < -0.4 is 10.6 Å². The zero-order chi connectivity index (χ0) is 14.4. The van der Waals surface area contributed by atoms with Crippen molar-refractivity contribution in [3.8, 4) is 5.75 Å². The van der Waals surface area contributed by atoms with Gasteiger partial charge in [-0.2, -0.15) is 0 Å². The summed E-state index contributed by atoms with van der Waals surface area (Å²) in [4.78, 5) is 33.0. The highest BCUT2D eigenvalue weighted by molar-refractivity contribution is 6.33. The number of carboxylic acid groups (broad SMARTS) is 1. The van der Waals surface area contributed by atoms with Gasteiger partial charge in [-0.1, -0.05) is 11.6 Å². The molecule has 0 saturated heterocycles. The summed E-state index contributed by atoms with van der Waals surface area (Å²) >= 11 is 5.76. The van der Waals surface area contributed by atoms with Crippen molar-refractivity contribution in [3.05, 3.63) is 28.8 Å². The van der Waals surface area contributed by atoms with Crippen molar-refractivity contribution >= 4 is 29.4 Å². The quantitative estimate of drug-likeness (QED) is 0.607. The third-order valence-electron chi connectivity index (χ3n) is 2.04. The summed E-state index contributed by atoms with van der Waals surface area (Å²) in [5, 5.41) is 22.0. The summed E-state index contributed by atoms with van der Waals surface area (Å²) in [7, 11) is 0. The summed E-state index contributed by atoms with van der Waals surface area (Å²) in [6, 6.07) is 3.82. The number of nitrogens with one attached hydrogen (secondary N) is 2. The van der Waals surface area contributed by atoms with Crippen LogP contribution in [-0.2, 0) is 9.59 Å². The number of hydrogen-bond donors (Lipinski definition) is 4. The van der Waals surface area contributed by atoms with E-state index in [4.69, 9.17) is 16.7 Å². The Kier molecular flexibility index (Phi) is 5.13. The Bertz CT molecular complexity index is 518. The predicted molar refractivity (Wildman–Crippen MR) is 66.1 cm³/mol. The van der Waals surface area contributed by atoms with Gasteiger partial charge in [0.15, 0.2) is 0 Å². The van der Waals surface area contributed by atoms with Crippen molar-refractivity contribution < 1.29 is 24.6 Å². The van der Waals surface area contributed by atoms with Crippen molar-refractivity contribution in [1.29, 1.82) is 0 Å². The van der Waals surface area contributed by atoms with E-state index in [9.17, 15) is 19.5 Å². The molecule has 0 aliphatic heterocycles. The molecule has 0 radical (unpaired) electrons. The standard InChI is InChI=1S/C11H11ClN2O5/c12-8-2-1-6(15)3-7(8)11(19)14-4-9(16)13-5-10(17)18/h1-3,15H,4-5H2,(H,13,16)(H,14,19)(H,17,18). The van der Waals surface area contributed by atoms with Crippen LogP contribution in [0.4, 0.5) is 0 Å². The lowest BCUT2D eigenvalue weighted by molar-refractivity contribution is -0.137. The number of carbonyl (C=O) groups is 3. The average molecular weight is 287 g/mol. The number of phenols is 1. The number of halogens is 1. The van der Waals surface area contributed by atoms with Gasteiger partial charge < -0.3 is 20.8 Å². The minimum atomic E-state index is -1.18. The van der Waals surface area contributed by atoms with Crippen LogP contribution in [0.5, 0.6) is 5.75 Å². The van der Waals surface area contributed by atoms with Crippen molar-refractivity contribution in [2.75, 3.05) is 13.1 Å². The van der Waals surface area contributed by atoms with Gasteiger partial charge in [0.1, 0.15) is 12.3 Å². The number of carboxylic acids is 1. The highest BCUT2D eigenvalue weighted by Crippen LogP contribution is 2.20. The molecule has 102 valence electrons. The number of aromatic hydroxyl groups is 1. The first-order valence-electron chi connectivity index (χ1n) is 5.15. The van der Waals surface area contributed by atoms with Crippen molar-refractivity contribution in [3.63, 3.8) is 0 Å². The van der Waals surface area contributed by atoms with E-state index in [1.807, 2.05) is 0 Å². The van der Waals surface area contributed by atoms with Crippen LogP contribution >= 0.6 is 11.6 Å². The van der Waals surface area contributed by atoms with Gasteiger partial charge in [0.05, 0.1) is 17.1 Å². The largest absolute Gasteiger partial charge is 0.508 e. The maximum atomic E-state index is 11.7. The van der Waals surface area contributed by atoms with Gasteiger partial charge in [-0.3, -0.25) is 14.4 Å². The van der Waals surface area contributed by atoms with Crippen LogP contribution in [0.1, 0.15) is 10.4 Å². The zero-order valence-corrected chi connectivity index (χ0v) is 10.4. The fraction of sp³-hybridized carbons (Fsp3) is 0.182. The SMILES string of the molecule is O=C(O)CNC(=O)CNC(=O)c1cc(O)ccc1Cl. The lowest BCUT2D eigenvalue weighted by atomic mass is 10.2. The zero-order valence-electron chi connectivity index (χ0n) is 9.64. The van der Waals surface area contributed by atoms with E-state index < -0.39 is 30.9 Å². The van der Waals surface area contributed by atoms with Crippen LogP contribution in [0.25, 0.3) is 0 Å². The highest BCUT2D eigenvalue weighted by atomic mass is 35.5. The molecule has 0 bridgehead atoms. The predicted octanol–water partition coefficient (Wildman–Crippen LogP) is -0.0238. The van der Waals surface area contributed by atoms with Crippen molar-refractivity contribution in [1.82, 2.24) is 10.6 Å². The second-order valence-corrected chi connectivity index (χ2v) is 3.92. The second-order valence-electron chi connectivity index (χ2n) is 3.52. The number of aliphatic carboxylic acids is 1. The maximum absolute atomic E-state index is 11.7. The normalized spacial score (nSPS) is 9.74. The number of rotatable bonds is 5. The number of benzene rings is 1. The number of phenolic OH excluding ortho intramolecular Hbond substituents is 1. The van der Waals surface area contributed by atoms with Crippen LogP contribution in [0.15, 0.2) is 18.2 Å². The fourth-order valence-corrected chi connectivity index (χ4v) is 1.38. The minimum absolute atomic E-state index is 0.0210. The number of carbonyl (C=O) groups excluding carboxylic acids is 2. The van der Waals surface area contributed by atoms with Crippen molar-refractivity contribution in [2.45, 2.75) is 0 Å². The molecule has 0 unspecified atom stereocenters. The maximum Gasteiger partial charge on any atom is 0.322 e. The third kappa shape index (κ3) is 4.84. The van der Waals surface area contributed by atoms with Crippen molar-refractivity contribution in [2.24, 2.45) is 0 Å². The van der Waals surface area contributed by atoms with Gasteiger partial charge in [-0.25, -0.2) is 0 Å². The Labute approximate surface area is 113 Å². The monoisotopic (exact) mass is 286 g/mol. The molecule has 0 spiro atoms. The summed E-state index contributed by atoms with van der Waals surface area (Å²) in [5.41, 5.74) is 0.0210. The van der Waals surface area contributed by atoms with E-state index in [1.165, 1.54) is 12.1 Å². The lowest BCUT2D eigenvalue weighted by Crippen LogP contribution is -2.39. The van der Waals surface area contributed by atoms with Crippen LogP contribution in [0.2, 0.25) is 5.02 Å². The van der Waals surface area contributed by atoms with Crippen LogP contribution in [0, 0.1) is 0 Å². The van der Waals surface area contributed by atoms with E-state index in [2.05, 4.69) is 10.6 Å². The van der Waals surface area contributed by atoms with Gasteiger partial charge >= 0.3 is 5.97 Å². The molecule has 0 fully saturated rings. The summed E-state index contributed by atoms with van der Waals surface area (Å²) < 4.78 is 0. The molecule has 1 rings (SSSR count). The third-order valence-corrected chi connectivity index (χ3v) is 2.37. The first kappa shape index (κ1) is 14.8. The van der Waals surface area contributed by atoms with Gasteiger partial charge in [0, 0.05) is 0 Å². The van der Waals surface area contributed by atoms with Gasteiger partial charge in [0.25, 0.3) is 5.91 Å². The van der Waals surface area contributed by atoms with E-state index >= 15 is 0 Å². The molecule has 0 aromatic heterocycles. The van der Waals surface area contributed by atoms with E-state index in [0.717, 1.165) is 6.07 Å². The molecule has 2 amide bonds. The number of hydrogen-bond acceptors (Lipinski definition) is 4. The average Bonchev–Trinajstić information content (AvgIpc) is 2.36. The number of amides is 2. The second kappa shape index (κ2) is 6.60. The van der Waals surface area contributed by atoms with E-state index in [0.29, 0.717) is 0 Å². The van der Waals surface area contributed by atoms with Gasteiger partial charge in [-0.05, 0) is 18.2 Å². The first-order chi connectivity index (χ1) is 8.90.